The van der Waals surface area contributed by atoms with Crippen molar-refractivity contribution in [2.24, 2.45) is 5.18 Å². The molecule has 0 aliphatic rings. The minimum atomic E-state index is -1.05. The van der Waals surface area contributed by atoms with Gasteiger partial charge < -0.3 is 19.5 Å². The fraction of sp³-hybridized carbons (Fsp3) is 0.450. The molecule has 0 aromatic heterocycles. The van der Waals surface area contributed by atoms with E-state index >= 15 is 0 Å². The summed E-state index contributed by atoms with van der Waals surface area (Å²) in [5, 5.41) is 22.1. The molecule has 0 unspecified atom stereocenters. The Morgan fingerprint density at radius 3 is 2.34 bits per heavy atom. The number of phenols is 1. The average Bonchev–Trinajstić information content (AvgIpc) is 2.72. The first kappa shape index (κ1) is 23.6. The molecule has 156 valence electrons. The highest BCUT2D eigenvalue weighted by Crippen LogP contribution is 2.38. The molecule has 0 radical (unpaired) electrons. The minimum absolute atomic E-state index is 0.179. The second kappa shape index (κ2) is 11.4. The van der Waals surface area contributed by atoms with Gasteiger partial charge in [0, 0.05) is 13.1 Å². The van der Waals surface area contributed by atoms with E-state index < -0.39 is 23.5 Å². The predicted octanol–water partition coefficient (Wildman–Crippen LogP) is 4.27. The van der Waals surface area contributed by atoms with Gasteiger partial charge in [-0.05, 0) is 55.6 Å². The van der Waals surface area contributed by atoms with Gasteiger partial charge in [-0.15, -0.1) is 4.91 Å². The van der Waals surface area contributed by atoms with E-state index in [2.05, 4.69) is 5.18 Å². The molecule has 0 bridgehead atoms. The summed E-state index contributed by atoms with van der Waals surface area (Å²) in [7, 11) is 0. The standard InChI is InChI=1S/C20H25N3O6/c1-5-15(6-2)28-20(26)29-17-11-13(10-16(22-27)18(17)24)9-14(12-21)19(25)23(7-3)8-4/h9-11,15,24H,5-8H2,1-4H3/b14-9-. The van der Waals surface area contributed by atoms with Crippen LogP contribution in [0.25, 0.3) is 6.08 Å². The van der Waals surface area contributed by atoms with Crippen LogP contribution in [-0.2, 0) is 9.53 Å². The van der Waals surface area contributed by atoms with Crippen molar-refractivity contribution in [1.29, 1.82) is 5.26 Å². The Morgan fingerprint density at radius 1 is 1.24 bits per heavy atom. The number of likely N-dealkylation sites (N-methyl/N-ethyl adjacent to an activating group) is 1. The number of nitriles is 1. The molecule has 9 heteroatoms. The summed E-state index contributed by atoms with van der Waals surface area (Å²) in [6.07, 6.45) is 0.995. The molecule has 1 aromatic rings. The van der Waals surface area contributed by atoms with Crippen molar-refractivity contribution < 1.29 is 24.2 Å². The number of nitrogens with zero attached hydrogens (tertiary/aromatic N) is 3. The number of nitroso groups, excluding NO2 is 1. The number of hydrogen-bond acceptors (Lipinski definition) is 8. The molecule has 9 nitrogen and oxygen atoms in total. The number of rotatable bonds is 9. The zero-order chi connectivity index (χ0) is 22.0. The van der Waals surface area contributed by atoms with E-state index in [1.165, 1.54) is 23.1 Å². The summed E-state index contributed by atoms with van der Waals surface area (Å²) in [5.41, 5.74) is -0.404. The van der Waals surface area contributed by atoms with Crippen LogP contribution in [0, 0.1) is 16.2 Å². The van der Waals surface area contributed by atoms with Gasteiger partial charge in [-0.2, -0.15) is 5.26 Å². The van der Waals surface area contributed by atoms with E-state index in [0.29, 0.717) is 25.9 Å². The van der Waals surface area contributed by atoms with Crippen LogP contribution in [0.3, 0.4) is 0 Å². The number of carbonyl (C=O) groups is 2. The van der Waals surface area contributed by atoms with Gasteiger partial charge >= 0.3 is 6.16 Å². The van der Waals surface area contributed by atoms with Crippen LogP contribution in [0.15, 0.2) is 22.9 Å². The third kappa shape index (κ3) is 6.31. The number of aromatic hydroxyl groups is 1. The van der Waals surface area contributed by atoms with E-state index in [1.54, 1.807) is 13.8 Å². The Labute approximate surface area is 169 Å². The molecule has 0 fully saturated rings. The number of hydrogen-bond donors (Lipinski definition) is 1. The lowest BCUT2D eigenvalue weighted by atomic mass is 10.1. The minimum Gasteiger partial charge on any atom is -0.503 e. The normalized spacial score (nSPS) is 11.0. The molecular formula is C20H25N3O6. The number of benzene rings is 1. The van der Waals surface area contributed by atoms with Crippen molar-refractivity contribution in [3.8, 4) is 17.6 Å². The van der Waals surface area contributed by atoms with Crippen LogP contribution in [-0.4, -0.2) is 41.3 Å². The Morgan fingerprint density at radius 2 is 1.86 bits per heavy atom. The molecule has 0 saturated heterocycles. The lowest BCUT2D eigenvalue weighted by Crippen LogP contribution is -2.31. The monoisotopic (exact) mass is 403 g/mol. The molecule has 0 aliphatic carbocycles. The van der Waals surface area contributed by atoms with Crippen LogP contribution in [0.5, 0.6) is 11.5 Å². The zero-order valence-electron chi connectivity index (χ0n) is 17.0. The van der Waals surface area contributed by atoms with Gasteiger partial charge in [0.15, 0.2) is 17.2 Å². The van der Waals surface area contributed by atoms with Crippen molar-refractivity contribution in [3.63, 3.8) is 0 Å². The van der Waals surface area contributed by atoms with Gasteiger partial charge in [0.2, 0.25) is 0 Å². The fourth-order valence-electron chi connectivity index (χ4n) is 2.54. The van der Waals surface area contributed by atoms with Crippen LogP contribution in [0.2, 0.25) is 0 Å². The lowest BCUT2D eigenvalue weighted by molar-refractivity contribution is -0.126. The van der Waals surface area contributed by atoms with Gasteiger partial charge in [0.1, 0.15) is 17.7 Å². The summed E-state index contributed by atoms with van der Waals surface area (Å²) < 4.78 is 10.1. The topological polar surface area (TPSA) is 129 Å². The van der Waals surface area contributed by atoms with Crippen molar-refractivity contribution >= 4 is 23.8 Å². The molecule has 0 aliphatic heterocycles. The van der Waals surface area contributed by atoms with Crippen molar-refractivity contribution in [2.75, 3.05) is 13.1 Å². The summed E-state index contributed by atoms with van der Waals surface area (Å²) in [6, 6.07) is 4.21. The molecular weight excluding hydrogens is 378 g/mol. The number of carbonyl (C=O) groups excluding carboxylic acids is 2. The highest BCUT2D eigenvalue weighted by molar-refractivity contribution is 6.01. The third-order valence-electron chi connectivity index (χ3n) is 4.25. The van der Waals surface area contributed by atoms with Gasteiger partial charge in [-0.3, -0.25) is 4.79 Å². The maximum absolute atomic E-state index is 12.4. The highest BCUT2D eigenvalue weighted by Gasteiger charge is 2.20. The largest absolute Gasteiger partial charge is 0.514 e. The summed E-state index contributed by atoms with van der Waals surface area (Å²) in [4.78, 5) is 36.9. The Kier molecular flexibility index (Phi) is 9.32. The zero-order valence-corrected chi connectivity index (χ0v) is 17.0. The maximum atomic E-state index is 12.4. The fourth-order valence-corrected chi connectivity index (χ4v) is 2.54. The quantitative estimate of drug-likeness (QED) is 0.214. The predicted molar refractivity (Wildman–Crippen MR) is 107 cm³/mol. The second-order valence-corrected chi connectivity index (χ2v) is 6.03. The Bertz CT molecular complexity index is 820. The summed E-state index contributed by atoms with van der Waals surface area (Å²) in [6.45, 7) is 8.08. The number of phenolic OH excluding ortho intramolecular Hbond substituents is 1. The van der Waals surface area contributed by atoms with Crippen LogP contribution >= 0.6 is 0 Å². The molecule has 0 heterocycles. The van der Waals surface area contributed by atoms with Crippen molar-refractivity contribution in [3.05, 3.63) is 28.2 Å². The first-order valence-electron chi connectivity index (χ1n) is 9.34. The van der Waals surface area contributed by atoms with Crippen LogP contribution in [0.1, 0.15) is 46.1 Å². The van der Waals surface area contributed by atoms with E-state index in [1.807, 2.05) is 19.9 Å². The molecule has 1 rings (SSSR count). The molecule has 0 spiro atoms. The third-order valence-corrected chi connectivity index (χ3v) is 4.25. The van der Waals surface area contributed by atoms with Crippen molar-refractivity contribution in [1.82, 2.24) is 4.90 Å². The molecule has 0 saturated carbocycles. The lowest BCUT2D eigenvalue weighted by Gasteiger charge is -2.17. The van der Waals surface area contributed by atoms with E-state index in [0.717, 1.165) is 0 Å². The number of ether oxygens (including phenoxy) is 2. The molecule has 1 amide bonds. The summed E-state index contributed by atoms with van der Waals surface area (Å²) >= 11 is 0. The van der Waals surface area contributed by atoms with Crippen LogP contribution in [0.4, 0.5) is 10.5 Å². The SMILES string of the molecule is CCC(CC)OC(=O)Oc1cc(/C=C(/C#N)C(=O)N(CC)CC)cc(N=O)c1O. The van der Waals surface area contributed by atoms with Gasteiger partial charge in [0.05, 0.1) is 0 Å². The van der Waals surface area contributed by atoms with E-state index in [4.69, 9.17) is 9.47 Å². The Balaban J connectivity index is 3.28. The Hall–Kier alpha value is -3.41. The van der Waals surface area contributed by atoms with E-state index in [-0.39, 0.29) is 23.0 Å². The van der Waals surface area contributed by atoms with E-state index in [9.17, 15) is 24.9 Å². The molecule has 1 N–H and O–H groups in total. The first-order chi connectivity index (χ1) is 13.8. The van der Waals surface area contributed by atoms with Crippen LogP contribution < -0.4 is 4.74 Å². The maximum Gasteiger partial charge on any atom is 0.514 e. The van der Waals surface area contributed by atoms with Gasteiger partial charge in [-0.25, -0.2) is 4.79 Å². The smallest absolute Gasteiger partial charge is 0.503 e. The summed E-state index contributed by atoms with van der Waals surface area (Å²) in [5.74, 6) is -1.49. The van der Waals surface area contributed by atoms with Gasteiger partial charge in [0.25, 0.3) is 5.91 Å². The van der Waals surface area contributed by atoms with Gasteiger partial charge in [-0.1, -0.05) is 13.8 Å². The first-order valence-corrected chi connectivity index (χ1v) is 9.34. The average molecular weight is 403 g/mol. The molecule has 0 atom stereocenters. The molecule has 1 aromatic carbocycles. The second-order valence-electron chi connectivity index (χ2n) is 6.03. The molecule has 29 heavy (non-hydrogen) atoms. The number of amides is 1. The highest BCUT2D eigenvalue weighted by atomic mass is 16.7. The van der Waals surface area contributed by atoms with Crippen molar-refractivity contribution in [2.45, 2.75) is 46.6 Å².